The SMILES string of the molecule is CCOC(=O)CCCNC(=O)c1ccc2[nH]ccc2c1. The molecule has 0 saturated carbocycles. The summed E-state index contributed by atoms with van der Waals surface area (Å²) in [5.74, 6) is -0.354. The Morgan fingerprint density at radius 3 is 2.95 bits per heavy atom. The number of esters is 1. The Morgan fingerprint density at radius 1 is 1.30 bits per heavy atom. The summed E-state index contributed by atoms with van der Waals surface area (Å²) in [4.78, 5) is 26.2. The summed E-state index contributed by atoms with van der Waals surface area (Å²) < 4.78 is 4.82. The van der Waals surface area contributed by atoms with Crippen LogP contribution in [0.4, 0.5) is 0 Å². The smallest absolute Gasteiger partial charge is 0.305 e. The van der Waals surface area contributed by atoms with Gasteiger partial charge in [-0.05, 0) is 37.6 Å². The maximum Gasteiger partial charge on any atom is 0.305 e. The first-order chi connectivity index (χ1) is 9.70. The number of aromatic amines is 1. The molecule has 0 spiro atoms. The fourth-order valence-electron chi connectivity index (χ4n) is 1.96. The first-order valence-corrected chi connectivity index (χ1v) is 6.71. The first kappa shape index (κ1) is 14.1. The number of carbonyl (C=O) groups excluding carboxylic acids is 2. The van der Waals surface area contributed by atoms with Gasteiger partial charge in [0.15, 0.2) is 0 Å². The fraction of sp³-hybridized carbons (Fsp3) is 0.333. The molecule has 106 valence electrons. The normalized spacial score (nSPS) is 10.4. The third-order valence-corrected chi connectivity index (χ3v) is 2.96. The summed E-state index contributed by atoms with van der Waals surface area (Å²) >= 11 is 0. The minimum atomic E-state index is -0.226. The highest BCUT2D eigenvalue weighted by molar-refractivity contribution is 5.98. The number of hydrogen-bond acceptors (Lipinski definition) is 3. The summed E-state index contributed by atoms with van der Waals surface area (Å²) in [5.41, 5.74) is 1.62. The zero-order chi connectivity index (χ0) is 14.4. The summed E-state index contributed by atoms with van der Waals surface area (Å²) in [6.07, 6.45) is 2.74. The van der Waals surface area contributed by atoms with Crippen molar-refractivity contribution in [2.45, 2.75) is 19.8 Å². The van der Waals surface area contributed by atoms with Crippen molar-refractivity contribution < 1.29 is 14.3 Å². The molecular formula is C15H18N2O3. The van der Waals surface area contributed by atoms with Crippen molar-refractivity contribution in [3.05, 3.63) is 36.0 Å². The molecule has 1 aromatic carbocycles. The lowest BCUT2D eigenvalue weighted by Gasteiger charge is -2.05. The molecule has 1 amide bonds. The van der Waals surface area contributed by atoms with E-state index in [0.717, 1.165) is 10.9 Å². The van der Waals surface area contributed by atoms with Crippen molar-refractivity contribution in [3.8, 4) is 0 Å². The van der Waals surface area contributed by atoms with E-state index in [-0.39, 0.29) is 11.9 Å². The van der Waals surface area contributed by atoms with Gasteiger partial charge in [0.1, 0.15) is 0 Å². The molecule has 0 aliphatic carbocycles. The van der Waals surface area contributed by atoms with E-state index in [4.69, 9.17) is 4.74 Å². The molecule has 0 unspecified atom stereocenters. The molecule has 0 saturated heterocycles. The van der Waals surface area contributed by atoms with Gasteiger partial charge in [-0.3, -0.25) is 9.59 Å². The largest absolute Gasteiger partial charge is 0.466 e. The molecule has 0 fully saturated rings. The number of rotatable bonds is 6. The van der Waals surface area contributed by atoms with Gasteiger partial charge in [-0.25, -0.2) is 0 Å². The Balaban J connectivity index is 1.81. The Labute approximate surface area is 117 Å². The quantitative estimate of drug-likeness (QED) is 0.627. The van der Waals surface area contributed by atoms with Crippen molar-refractivity contribution >= 4 is 22.8 Å². The average Bonchev–Trinajstić information content (AvgIpc) is 2.91. The Morgan fingerprint density at radius 2 is 2.15 bits per heavy atom. The third kappa shape index (κ3) is 3.60. The molecule has 0 aliphatic heterocycles. The summed E-state index contributed by atoms with van der Waals surface area (Å²) in [7, 11) is 0. The minimum Gasteiger partial charge on any atom is -0.466 e. The van der Waals surface area contributed by atoms with E-state index in [1.807, 2.05) is 24.4 Å². The first-order valence-electron chi connectivity index (χ1n) is 6.71. The van der Waals surface area contributed by atoms with E-state index in [0.29, 0.717) is 31.6 Å². The topological polar surface area (TPSA) is 71.2 Å². The summed E-state index contributed by atoms with van der Waals surface area (Å²) in [6, 6.07) is 7.42. The van der Waals surface area contributed by atoms with Gasteiger partial charge in [-0.15, -0.1) is 0 Å². The van der Waals surface area contributed by atoms with Crippen LogP contribution in [0.5, 0.6) is 0 Å². The fourth-order valence-corrected chi connectivity index (χ4v) is 1.96. The molecule has 0 atom stereocenters. The highest BCUT2D eigenvalue weighted by Crippen LogP contribution is 2.14. The lowest BCUT2D eigenvalue weighted by atomic mass is 10.1. The van der Waals surface area contributed by atoms with E-state index < -0.39 is 0 Å². The molecule has 2 N–H and O–H groups in total. The second kappa shape index (κ2) is 6.75. The lowest BCUT2D eigenvalue weighted by molar-refractivity contribution is -0.143. The average molecular weight is 274 g/mol. The number of amides is 1. The zero-order valence-electron chi connectivity index (χ0n) is 11.4. The number of ether oxygens (including phenoxy) is 1. The van der Waals surface area contributed by atoms with Gasteiger partial charge in [0, 0.05) is 35.6 Å². The molecule has 20 heavy (non-hydrogen) atoms. The highest BCUT2D eigenvalue weighted by Gasteiger charge is 2.07. The van der Waals surface area contributed by atoms with Gasteiger partial charge in [0.2, 0.25) is 0 Å². The molecule has 5 nitrogen and oxygen atoms in total. The van der Waals surface area contributed by atoms with E-state index >= 15 is 0 Å². The predicted octanol–water partition coefficient (Wildman–Crippen LogP) is 2.24. The van der Waals surface area contributed by atoms with Crippen LogP contribution in [-0.4, -0.2) is 30.0 Å². The second-order valence-electron chi connectivity index (χ2n) is 4.44. The monoisotopic (exact) mass is 274 g/mol. The number of aromatic nitrogens is 1. The molecule has 5 heteroatoms. The maximum absolute atomic E-state index is 11.9. The molecular weight excluding hydrogens is 256 g/mol. The Bertz CT molecular complexity index is 604. The van der Waals surface area contributed by atoms with Crippen molar-refractivity contribution in [2.24, 2.45) is 0 Å². The van der Waals surface area contributed by atoms with Gasteiger partial charge in [-0.1, -0.05) is 0 Å². The van der Waals surface area contributed by atoms with E-state index in [9.17, 15) is 9.59 Å². The van der Waals surface area contributed by atoms with Crippen LogP contribution in [0.2, 0.25) is 0 Å². The van der Waals surface area contributed by atoms with Crippen LogP contribution in [0.15, 0.2) is 30.5 Å². The summed E-state index contributed by atoms with van der Waals surface area (Å²) in [6.45, 7) is 2.63. The van der Waals surface area contributed by atoms with Crippen LogP contribution < -0.4 is 5.32 Å². The van der Waals surface area contributed by atoms with Gasteiger partial charge in [0.25, 0.3) is 5.91 Å². The number of carbonyl (C=O) groups is 2. The van der Waals surface area contributed by atoms with Crippen molar-refractivity contribution in [3.63, 3.8) is 0 Å². The van der Waals surface area contributed by atoms with Crippen LogP contribution in [0.3, 0.4) is 0 Å². The number of H-pyrrole nitrogens is 1. The maximum atomic E-state index is 11.9. The highest BCUT2D eigenvalue weighted by atomic mass is 16.5. The molecule has 1 aromatic heterocycles. The van der Waals surface area contributed by atoms with E-state index in [1.165, 1.54) is 0 Å². The van der Waals surface area contributed by atoms with Gasteiger partial charge >= 0.3 is 5.97 Å². The van der Waals surface area contributed by atoms with Crippen LogP contribution >= 0.6 is 0 Å². The molecule has 2 rings (SSSR count). The number of benzene rings is 1. The number of fused-ring (bicyclic) bond motifs is 1. The lowest BCUT2D eigenvalue weighted by Crippen LogP contribution is -2.25. The molecule has 0 aliphatic rings. The molecule has 1 heterocycles. The summed E-state index contributed by atoms with van der Waals surface area (Å²) in [5, 5.41) is 3.80. The van der Waals surface area contributed by atoms with Crippen molar-refractivity contribution in [1.82, 2.24) is 10.3 Å². The molecule has 0 bridgehead atoms. The predicted molar refractivity (Wildman–Crippen MR) is 76.5 cm³/mol. The molecule has 2 aromatic rings. The Kier molecular flexibility index (Phi) is 4.76. The van der Waals surface area contributed by atoms with E-state index in [1.54, 1.807) is 13.0 Å². The second-order valence-corrected chi connectivity index (χ2v) is 4.44. The van der Waals surface area contributed by atoms with E-state index in [2.05, 4.69) is 10.3 Å². The minimum absolute atomic E-state index is 0.128. The zero-order valence-corrected chi connectivity index (χ0v) is 11.4. The Hall–Kier alpha value is -2.30. The number of hydrogen-bond donors (Lipinski definition) is 2. The van der Waals surface area contributed by atoms with Gasteiger partial charge < -0.3 is 15.0 Å². The van der Waals surface area contributed by atoms with Gasteiger partial charge in [0.05, 0.1) is 6.61 Å². The standard InChI is InChI=1S/C15H18N2O3/c1-2-20-14(18)4-3-8-17-15(19)12-5-6-13-11(10-12)7-9-16-13/h5-7,9-10,16H,2-4,8H2,1H3,(H,17,19). The van der Waals surface area contributed by atoms with Crippen LogP contribution in [-0.2, 0) is 9.53 Å². The number of nitrogens with one attached hydrogen (secondary N) is 2. The van der Waals surface area contributed by atoms with Crippen molar-refractivity contribution in [1.29, 1.82) is 0 Å². The van der Waals surface area contributed by atoms with Crippen molar-refractivity contribution in [2.75, 3.05) is 13.2 Å². The van der Waals surface area contributed by atoms with Crippen LogP contribution in [0.1, 0.15) is 30.1 Å². The van der Waals surface area contributed by atoms with Gasteiger partial charge in [-0.2, -0.15) is 0 Å². The van der Waals surface area contributed by atoms with Crippen LogP contribution in [0, 0.1) is 0 Å². The third-order valence-electron chi connectivity index (χ3n) is 2.96. The van der Waals surface area contributed by atoms with Crippen LogP contribution in [0.25, 0.3) is 10.9 Å². The molecule has 0 radical (unpaired) electrons.